The van der Waals surface area contributed by atoms with Crippen molar-refractivity contribution in [1.29, 1.82) is 0 Å². The highest BCUT2D eigenvalue weighted by molar-refractivity contribution is 6.20. The molecular formula is C17H19ClN2O. The molecule has 4 heteroatoms. The van der Waals surface area contributed by atoms with E-state index >= 15 is 0 Å². The molecule has 1 saturated carbocycles. The van der Waals surface area contributed by atoms with Crippen molar-refractivity contribution in [3.05, 3.63) is 42.1 Å². The summed E-state index contributed by atoms with van der Waals surface area (Å²) in [6.45, 7) is 0.715. The molecule has 2 aromatic rings. The maximum absolute atomic E-state index is 12.2. The molecule has 1 heterocycles. The van der Waals surface area contributed by atoms with Crippen molar-refractivity contribution in [3.8, 4) is 0 Å². The Hall–Kier alpha value is -1.61. The van der Waals surface area contributed by atoms with E-state index < -0.39 is 0 Å². The summed E-state index contributed by atoms with van der Waals surface area (Å²) in [6, 6.07) is 9.46. The molecule has 1 aliphatic rings. The van der Waals surface area contributed by atoms with E-state index in [1.54, 1.807) is 6.20 Å². The summed E-state index contributed by atoms with van der Waals surface area (Å²) in [5.41, 5.74) is 1.60. The standard InChI is InChI=1S/C17H19ClN2O/c18-15-5-1-3-12(9-15)11-20-17(21)14-6-7-16-13(10-14)4-2-8-19-16/h2,4,6-8,10,12,15H,1,3,5,9,11H2,(H,20,21). The molecule has 0 spiro atoms. The maximum atomic E-state index is 12.2. The predicted molar refractivity (Wildman–Crippen MR) is 85.7 cm³/mol. The largest absolute Gasteiger partial charge is 0.352 e. The third-order valence-corrected chi connectivity index (χ3v) is 4.53. The fraction of sp³-hybridized carbons (Fsp3) is 0.412. The van der Waals surface area contributed by atoms with Gasteiger partial charge in [-0.25, -0.2) is 0 Å². The van der Waals surface area contributed by atoms with Crippen LogP contribution in [0.25, 0.3) is 10.9 Å². The van der Waals surface area contributed by atoms with Crippen LogP contribution in [-0.2, 0) is 0 Å². The summed E-state index contributed by atoms with van der Waals surface area (Å²) in [5.74, 6) is 0.491. The van der Waals surface area contributed by atoms with Gasteiger partial charge in [0.25, 0.3) is 5.91 Å². The molecular weight excluding hydrogens is 284 g/mol. The minimum atomic E-state index is -0.0163. The van der Waals surface area contributed by atoms with E-state index in [0.29, 0.717) is 18.0 Å². The quantitative estimate of drug-likeness (QED) is 0.877. The molecule has 1 aromatic carbocycles. The summed E-state index contributed by atoms with van der Waals surface area (Å²) >= 11 is 6.19. The van der Waals surface area contributed by atoms with Gasteiger partial charge >= 0.3 is 0 Å². The van der Waals surface area contributed by atoms with Gasteiger partial charge in [-0.05, 0) is 49.4 Å². The van der Waals surface area contributed by atoms with E-state index in [9.17, 15) is 4.79 Å². The number of nitrogens with zero attached hydrogens (tertiary/aromatic N) is 1. The summed E-state index contributed by atoms with van der Waals surface area (Å²) < 4.78 is 0. The highest BCUT2D eigenvalue weighted by atomic mass is 35.5. The molecule has 0 aliphatic heterocycles. The van der Waals surface area contributed by atoms with Crippen molar-refractivity contribution in [2.45, 2.75) is 31.1 Å². The molecule has 3 rings (SSSR count). The lowest BCUT2D eigenvalue weighted by Crippen LogP contribution is -2.32. The average Bonchev–Trinajstić information content (AvgIpc) is 2.52. The first-order valence-corrected chi connectivity index (χ1v) is 7.93. The summed E-state index contributed by atoms with van der Waals surface area (Å²) in [4.78, 5) is 16.5. The Labute approximate surface area is 129 Å². The Bertz CT molecular complexity index is 643. The highest BCUT2D eigenvalue weighted by Crippen LogP contribution is 2.27. The lowest BCUT2D eigenvalue weighted by atomic mass is 9.89. The molecule has 1 aromatic heterocycles. The second kappa shape index (κ2) is 6.44. The fourth-order valence-electron chi connectivity index (χ4n) is 2.97. The number of halogens is 1. The van der Waals surface area contributed by atoms with Gasteiger partial charge in [0.2, 0.25) is 0 Å². The van der Waals surface area contributed by atoms with Crippen molar-refractivity contribution >= 4 is 28.4 Å². The number of fused-ring (bicyclic) bond motifs is 1. The molecule has 2 unspecified atom stereocenters. The maximum Gasteiger partial charge on any atom is 0.251 e. The van der Waals surface area contributed by atoms with Crippen LogP contribution in [0.3, 0.4) is 0 Å². The predicted octanol–water partition coefficient (Wildman–Crippen LogP) is 3.76. The number of aromatic nitrogens is 1. The van der Waals surface area contributed by atoms with Gasteiger partial charge in [0, 0.05) is 29.1 Å². The highest BCUT2D eigenvalue weighted by Gasteiger charge is 2.20. The van der Waals surface area contributed by atoms with E-state index in [1.807, 2.05) is 30.3 Å². The number of hydrogen-bond acceptors (Lipinski definition) is 2. The van der Waals surface area contributed by atoms with Gasteiger partial charge in [0.05, 0.1) is 5.52 Å². The van der Waals surface area contributed by atoms with E-state index in [4.69, 9.17) is 11.6 Å². The van der Waals surface area contributed by atoms with E-state index in [2.05, 4.69) is 10.3 Å². The molecule has 0 saturated heterocycles. The Morgan fingerprint density at radius 2 is 2.24 bits per heavy atom. The smallest absolute Gasteiger partial charge is 0.251 e. The van der Waals surface area contributed by atoms with Crippen LogP contribution in [-0.4, -0.2) is 22.8 Å². The van der Waals surface area contributed by atoms with Gasteiger partial charge in [-0.2, -0.15) is 0 Å². The van der Waals surface area contributed by atoms with Crippen LogP contribution >= 0.6 is 11.6 Å². The zero-order valence-electron chi connectivity index (χ0n) is 11.9. The van der Waals surface area contributed by atoms with Gasteiger partial charge in [-0.1, -0.05) is 12.5 Å². The van der Waals surface area contributed by atoms with Gasteiger partial charge < -0.3 is 5.32 Å². The van der Waals surface area contributed by atoms with Crippen LogP contribution in [0.1, 0.15) is 36.0 Å². The molecule has 1 fully saturated rings. The Morgan fingerprint density at radius 3 is 3.10 bits per heavy atom. The second-order valence-electron chi connectivity index (χ2n) is 5.75. The van der Waals surface area contributed by atoms with Gasteiger partial charge in [0.15, 0.2) is 0 Å². The summed E-state index contributed by atoms with van der Waals surface area (Å²) in [5, 5.41) is 4.30. The van der Waals surface area contributed by atoms with Gasteiger partial charge in [0.1, 0.15) is 0 Å². The number of carbonyl (C=O) groups excluding carboxylic acids is 1. The summed E-state index contributed by atoms with van der Waals surface area (Å²) in [6.07, 6.45) is 6.18. The average molecular weight is 303 g/mol. The number of hydrogen-bond donors (Lipinski definition) is 1. The molecule has 2 atom stereocenters. The number of rotatable bonds is 3. The van der Waals surface area contributed by atoms with Crippen molar-refractivity contribution in [3.63, 3.8) is 0 Å². The molecule has 21 heavy (non-hydrogen) atoms. The van der Waals surface area contributed by atoms with Crippen LogP contribution in [0, 0.1) is 5.92 Å². The number of alkyl halides is 1. The third kappa shape index (κ3) is 3.53. The first kappa shape index (κ1) is 14.3. The monoisotopic (exact) mass is 302 g/mol. The molecule has 0 radical (unpaired) electrons. The van der Waals surface area contributed by atoms with Crippen LogP contribution < -0.4 is 5.32 Å². The molecule has 3 nitrogen and oxygen atoms in total. The van der Waals surface area contributed by atoms with E-state index in [0.717, 1.165) is 36.6 Å². The zero-order valence-corrected chi connectivity index (χ0v) is 12.6. The van der Waals surface area contributed by atoms with Crippen LogP contribution in [0.2, 0.25) is 0 Å². The molecule has 1 N–H and O–H groups in total. The van der Waals surface area contributed by atoms with Crippen molar-refractivity contribution in [2.24, 2.45) is 5.92 Å². The summed E-state index contributed by atoms with van der Waals surface area (Å²) in [7, 11) is 0. The van der Waals surface area contributed by atoms with Crippen molar-refractivity contribution < 1.29 is 4.79 Å². The number of amides is 1. The zero-order chi connectivity index (χ0) is 14.7. The Kier molecular flexibility index (Phi) is 4.39. The van der Waals surface area contributed by atoms with E-state index in [-0.39, 0.29) is 11.3 Å². The number of nitrogens with one attached hydrogen (secondary N) is 1. The topological polar surface area (TPSA) is 42.0 Å². The van der Waals surface area contributed by atoms with E-state index in [1.165, 1.54) is 0 Å². The number of pyridine rings is 1. The van der Waals surface area contributed by atoms with Crippen LogP contribution in [0.15, 0.2) is 36.5 Å². The Balaban J connectivity index is 1.63. The second-order valence-corrected chi connectivity index (χ2v) is 6.37. The van der Waals surface area contributed by atoms with Gasteiger partial charge in [-0.3, -0.25) is 9.78 Å². The van der Waals surface area contributed by atoms with Gasteiger partial charge in [-0.15, -0.1) is 11.6 Å². The molecule has 1 amide bonds. The number of carbonyl (C=O) groups is 1. The van der Waals surface area contributed by atoms with Crippen molar-refractivity contribution in [2.75, 3.05) is 6.54 Å². The lowest BCUT2D eigenvalue weighted by Gasteiger charge is -2.25. The first-order chi connectivity index (χ1) is 10.2. The molecule has 0 bridgehead atoms. The lowest BCUT2D eigenvalue weighted by molar-refractivity contribution is 0.0944. The SMILES string of the molecule is O=C(NCC1CCCC(Cl)C1)c1ccc2ncccc2c1. The number of benzene rings is 1. The normalized spacial score (nSPS) is 22.1. The van der Waals surface area contributed by atoms with Crippen LogP contribution in [0.4, 0.5) is 0 Å². The minimum absolute atomic E-state index is 0.0163. The molecule has 110 valence electrons. The minimum Gasteiger partial charge on any atom is -0.352 e. The third-order valence-electron chi connectivity index (χ3n) is 4.14. The van der Waals surface area contributed by atoms with Crippen LogP contribution in [0.5, 0.6) is 0 Å². The first-order valence-electron chi connectivity index (χ1n) is 7.49. The van der Waals surface area contributed by atoms with Crippen molar-refractivity contribution in [1.82, 2.24) is 10.3 Å². The Morgan fingerprint density at radius 1 is 1.33 bits per heavy atom. The fourth-order valence-corrected chi connectivity index (χ4v) is 3.37. The molecule has 1 aliphatic carbocycles.